The molecular formula is C18H27KN2OS2-2. The van der Waals surface area contributed by atoms with Crippen molar-refractivity contribution in [1.29, 1.82) is 0 Å². The van der Waals surface area contributed by atoms with Crippen molar-refractivity contribution < 1.29 is 56.2 Å². The molecule has 0 aromatic heterocycles. The first-order valence-corrected chi connectivity index (χ1v) is 9.03. The van der Waals surface area contributed by atoms with E-state index in [9.17, 15) is 4.79 Å². The maximum Gasteiger partial charge on any atom is 1.00 e. The zero-order valence-corrected chi connectivity index (χ0v) is 19.6. The SMILES string of the molecule is CCCCCCCCC[C-]=O.S=C(N[CH-][S-])Nc1ccccc1.[K+]. The molecule has 0 atom stereocenters. The van der Waals surface area contributed by atoms with Gasteiger partial charge in [0, 0.05) is 5.69 Å². The average molecular weight is 391 g/mol. The Morgan fingerprint density at radius 2 is 1.71 bits per heavy atom. The van der Waals surface area contributed by atoms with Crippen LogP contribution in [0.2, 0.25) is 0 Å². The molecule has 0 fully saturated rings. The minimum Gasteiger partial charge on any atom is -0.994 e. The van der Waals surface area contributed by atoms with E-state index in [0.29, 0.717) is 11.5 Å². The van der Waals surface area contributed by atoms with Crippen LogP contribution in [-0.2, 0) is 17.4 Å². The predicted octanol–water partition coefficient (Wildman–Crippen LogP) is 1.88. The van der Waals surface area contributed by atoms with Crippen molar-refractivity contribution in [3.8, 4) is 0 Å². The van der Waals surface area contributed by atoms with Crippen LogP contribution in [0.3, 0.4) is 0 Å². The molecule has 0 bridgehead atoms. The second-order valence-electron chi connectivity index (χ2n) is 5.10. The van der Waals surface area contributed by atoms with E-state index in [1.807, 2.05) is 36.6 Å². The largest absolute Gasteiger partial charge is 1.00 e. The topological polar surface area (TPSA) is 41.1 Å². The maximum absolute atomic E-state index is 9.82. The van der Waals surface area contributed by atoms with Gasteiger partial charge in [-0.25, -0.2) is 0 Å². The molecule has 1 aromatic carbocycles. The first-order chi connectivity index (χ1) is 11.2. The van der Waals surface area contributed by atoms with E-state index in [2.05, 4.69) is 30.2 Å². The standard InChI is InChI=1S/C10H19O.C8H8N2S2.K/c1-2-3-4-5-6-7-8-9-10-11;11-6-9-8(12)10-7-4-2-1-3-5-7;/h2-9H2,1H3;1-6H,(H2,9,10,12);/q-1;-2;+1. The van der Waals surface area contributed by atoms with Crippen molar-refractivity contribution >= 4 is 41.9 Å². The summed E-state index contributed by atoms with van der Waals surface area (Å²) in [5, 5.41) is 6.18. The summed E-state index contributed by atoms with van der Waals surface area (Å²) in [6.45, 7) is 2.22. The van der Waals surface area contributed by atoms with Crippen LogP contribution in [0, 0.1) is 5.88 Å². The summed E-state index contributed by atoms with van der Waals surface area (Å²) < 4.78 is 0. The summed E-state index contributed by atoms with van der Waals surface area (Å²) in [4.78, 5) is 9.82. The van der Waals surface area contributed by atoms with Gasteiger partial charge in [-0.3, -0.25) is 6.29 Å². The fourth-order valence-corrected chi connectivity index (χ4v) is 2.27. The van der Waals surface area contributed by atoms with Crippen LogP contribution in [-0.4, -0.2) is 11.4 Å². The third-order valence-corrected chi connectivity index (χ3v) is 3.44. The molecule has 0 amide bonds. The minimum atomic E-state index is 0. The second-order valence-corrected chi connectivity index (χ2v) is 5.74. The van der Waals surface area contributed by atoms with Crippen LogP contribution >= 0.6 is 12.2 Å². The number of para-hydroxylation sites is 1. The molecule has 0 spiro atoms. The maximum atomic E-state index is 9.82. The molecule has 1 aromatic rings. The zero-order chi connectivity index (χ0) is 17.2. The van der Waals surface area contributed by atoms with E-state index < -0.39 is 0 Å². The van der Waals surface area contributed by atoms with Crippen LogP contribution in [0.5, 0.6) is 0 Å². The Labute approximate surface area is 201 Å². The van der Waals surface area contributed by atoms with Gasteiger partial charge in [-0.15, -0.1) is 0 Å². The van der Waals surface area contributed by atoms with Gasteiger partial charge in [-0.1, -0.05) is 70.1 Å². The number of benzene rings is 1. The van der Waals surface area contributed by atoms with Gasteiger partial charge in [-0.05, 0) is 24.4 Å². The number of anilines is 1. The third-order valence-electron chi connectivity index (χ3n) is 3.10. The zero-order valence-electron chi connectivity index (χ0n) is 14.8. The number of hydrogen-bond acceptors (Lipinski definition) is 3. The summed E-state index contributed by atoms with van der Waals surface area (Å²) in [6, 6.07) is 9.67. The first kappa shape index (κ1) is 26.8. The summed E-state index contributed by atoms with van der Waals surface area (Å²) >= 11 is 9.50. The normalized spacial score (nSPS) is 9.08. The van der Waals surface area contributed by atoms with E-state index in [4.69, 9.17) is 12.2 Å². The van der Waals surface area contributed by atoms with Gasteiger partial charge < -0.3 is 33.9 Å². The van der Waals surface area contributed by atoms with Crippen molar-refractivity contribution in [2.75, 3.05) is 5.32 Å². The number of hydrogen-bond donors (Lipinski definition) is 2. The second kappa shape index (κ2) is 21.6. The molecule has 0 saturated carbocycles. The Hall–Kier alpha value is 0.566. The van der Waals surface area contributed by atoms with Crippen molar-refractivity contribution in [3.63, 3.8) is 0 Å². The first-order valence-electron chi connectivity index (χ1n) is 8.15. The van der Waals surface area contributed by atoms with E-state index in [0.717, 1.165) is 12.1 Å². The number of rotatable bonds is 10. The molecule has 0 aliphatic heterocycles. The van der Waals surface area contributed by atoms with Crippen LogP contribution in [0.25, 0.3) is 0 Å². The fraction of sp³-hybridized carbons (Fsp3) is 0.500. The van der Waals surface area contributed by atoms with Crippen LogP contribution < -0.4 is 62.0 Å². The molecule has 0 radical (unpaired) electrons. The van der Waals surface area contributed by atoms with Crippen molar-refractivity contribution in [3.05, 3.63) is 36.2 Å². The number of thiocarbonyl (C=S) groups is 1. The monoisotopic (exact) mass is 390 g/mol. The molecule has 1 rings (SSSR count). The molecule has 0 aliphatic carbocycles. The molecule has 0 aliphatic rings. The Kier molecular flexibility index (Phi) is 24.1. The average Bonchev–Trinajstić information content (AvgIpc) is 2.56. The number of carbonyl (C=O) groups excluding carboxylic acids is 1. The van der Waals surface area contributed by atoms with Crippen LogP contribution in [0.4, 0.5) is 5.69 Å². The summed E-state index contributed by atoms with van der Waals surface area (Å²) in [5.41, 5.74) is 0.951. The fourth-order valence-electron chi connectivity index (χ4n) is 1.90. The van der Waals surface area contributed by atoms with Crippen molar-refractivity contribution in [1.82, 2.24) is 5.32 Å². The van der Waals surface area contributed by atoms with Gasteiger partial charge in [0.05, 0.1) is 0 Å². The van der Waals surface area contributed by atoms with E-state index in [1.54, 1.807) is 0 Å². The van der Waals surface area contributed by atoms with E-state index >= 15 is 0 Å². The molecule has 0 saturated heterocycles. The van der Waals surface area contributed by atoms with Gasteiger partial charge in [0.15, 0.2) is 0 Å². The molecule has 2 N–H and O–H groups in total. The third kappa shape index (κ3) is 18.9. The Morgan fingerprint density at radius 3 is 2.25 bits per heavy atom. The minimum absolute atomic E-state index is 0. The molecule has 24 heavy (non-hydrogen) atoms. The summed E-state index contributed by atoms with van der Waals surface area (Å²) in [7, 11) is 0. The van der Waals surface area contributed by atoms with Crippen molar-refractivity contribution in [2.45, 2.75) is 58.3 Å². The van der Waals surface area contributed by atoms with Gasteiger partial charge in [-0.2, -0.15) is 6.42 Å². The van der Waals surface area contributed by atoms with Crippen LogP contribution in [0.15, 0.2) is 30.3 Å². The van der Waals surface area contributed by atoms with Gasteiger partial charge in [0.25, 0.3) is 0 Å². The van der Waals surface area contributed by atoms with Crippen molar-refractivity contribution in [2.24, 2.45) is 0 Å². The molecule has 0 unspecified atom stereocenters. The van der Waals surface area contributed by atoms with Gasteiger partial charge in [0.1, 0.15) is 5.11 Å². The number of nitrogens with one attached hydrogen (secondary N) is 2. The molecule has 0 heterocycles. The molecule has 3 nitrogen and oxygen atoms in total. The van der Waals surface area contributed by atoms with E-state index in [1.165, 1.54) is 44.4 Å². The van der Waals surface area contributed by atoms with Crippen LogP contribution in [0.1, 0.15) is 58.3 Å². The Bertz CT molecular complexity index is 405. The molecule has 6 heteroatoms. The molecule has 130 valence electrons. The number of unbranched alkanes of at least 4 members (excludes halogenated alkanes) is 7. The predicted molar refractivity (Wildman–Crippen MR) is 106 cm³/mol. The molecular weight excluding hydrogens is 363 g/mol. The van der Waals surface area contributed by atoms with Gasteiger partial charge in [0.2, 0.25) is 0 Å². The Balaban J connectivity index is 0. The van der Waals surface area contributed by atoms with E-state index in [-0.39, 0.29) is 51.4 Å². The van der Waals surface area contributed by atoms with Gasteiger partial charge >= 0.3 is 51.4 Å². The smallest absolute Gasteiger partial charge is 0.994 e. The quantitative estimate of drug-likeness (QED) is 0.210. The summed E-state index contributed by atoms with van der Waals surface area (Å²) in [5.74, 6) is 1.37. The Morgan fingerprint density at radius 1 is 1.12 bits per heavy atom. The summed E-state index contributed by atoms with van der Waals surface area (Å²) in [6.07, 6.45) is 11.5.